The van der Waals surface area contributed by atoms with Crippen LogP contribution in [0.2, 0.25) is 0 Å². The summed E-state index contributed by atoms with van der Waals surface area (Å²) in [5, 5.41) is 0. The summed E-state index contributed by atoms with van der Waals surface area (Å²) in [5.41, 5.74) is 1.97. The molecule has 0 bridgehead atoms. The van der Waals surface area contributed by atoms with E-state index >= 15 is 0 Å². The molecule has 6 heteroatoms. The third kappa shape index (κ3) is 5.88. The molecule has 4 nitrogen and oxygen atoms in total. The van der Waals surface area contributed by atoms with E-state index in [1.54, 1.807) is 13.2 Å². The van der Waals surface area contributed by atoms with Gasteiger partial charge in [-0.05, 0) is 102 Å². The molecule has 2 atom stereocenters. The first kappa shape index (κ1) is 23.2. The van der Waals surface area contributed by atoms with Gasteiger partial charge in [-0.1, -0.05) is 12.1 Å². The van der Waals surface area contributed by atoms with Crippen LogP contribution in [-0.2, 0) is 9.09 Å². The first-order chi connectivity index (χ1) is 15.6. The summed E-state index contributed by atoms with van der Waals surface area (Å²) in [6.07, 6.45) is 6.95. The Morgan fingerprint density at radius 1 is 1.00 bits per heavy atom. The number of methoxy groups -OCH3 is 1. The zero-order chi connectivity index (χ0) is 22.5. The van der Waals surface area contributed by atoms with Crippen LogP contribution in [0.4, 0.5) is 4.39 Å². The molecule has 32 heavy (non-hydrogen) atoms. The SMILES string of the molecule is COc1ccc(F)c(C2CCC(COc3cccc(C(C[P+](=O)OC)C4CC4)c3)CC2)c1. The Kier molecular flexibility index (Phi) is 7.80. The first-order valence-electron chi connectivity index (χ1n) is 11.6. The molecule has 2 fully saturated rings. The molecule has 0 amide bonds. The average molecular weight is 460 g/mol. The summed E-state index contributed by atoms with van der Waals surface area (Å²) in [6, 6.07) is 13.3. The van der Waals surface area contributed by atoms with E-state index in [4.69, 9.17) is 14.0 Å². The van der Waals surface area contributed by atoms with E-state index < -0.39 is 8.03 Å². The monoisotopic (exact) mass is 459 g/mol. The second kappa shape index (κ2) is 10.8. The molecule has 0 heterocycles. The van der Waals surface area contributed by atoms with Crippen molar-refractivity contribution in [3.63, 3.8) is 0 Å². The van der Waals surface area contributed by atoms with Crippen molar-refractivity contribution in [2.24, 2.45) is 11.8 Å². The lowest BCUT2D eigenvalue weighted by Gasteiger charge is -2.29. The summed E-state index contributed by atoms with van der Waals surface area (Å²) in [6.45, 7) is 0.678. The highest BCUT2D eigenvalue weighted by Crippen LogP contribution is 2.47. The summed E-state index contributed by atoms with van der Waals surface area (Å²) in [4.78, 5) is 0. The van der Waals surface area contributed by atoms with Gasteiger partial charge in [-0.25, -0.2) is 4.39 Å². The van der Waals surface area contributed by atoms with Gasteiger partial charge >= 0.3 is 8.03 Å². The molecule has 0 aliphatic heterocycles. The quantitative estimate of drug-likeness (QED) is 0.357. The fraction of sp³-hybridized carbons (Fsp3) is 0.538. The van der Waals surface area contributed by atoms with E-state index in [0.29, 0.717) is 30.4 Å². The van der Waals surface area contributed by atoms with Crippen molar-refractivity contribution in [1.29, 1.82) is 0 Å². The second-order valence-corrected chi connectivity index (χ2v) is 10.5. The summed E-state index contributed by atoms with van der Waals surface area (Å²) in [7, 11) is 1.51. The van der Waals surface area contributed by atoms with Crippen molar-refractivity contribution in [2.75, 3.05) is 27.0 Å². The van der Waals surface area contributed by atoms with Crippen molar-refractivity contribution < 1.29 is 23.0 Å². The predicted octanol–water partition coefficient (Wildman–Crippen LogP) is 7.07. The van der Waals surface area contributed by atoms with Crippen molar-refractivity contribution in [3.05, 3.63) is 59.4 Å². The topological polar surface area (TPSA) is 44.8 Å². The number of ether oxygens (including phenoxy) is 2. The van der Waals surface area contributed by atoms with Gasteiger partial charge in [0, 0.05) is 5.92 Å². The highest BCUT2D eigenvalue weighted by Gasteiger charge is 2.38. The van der Waals surface area contributed by atoms with Gasteiger partial charge in [-0.3, -0.25) is 0 Å². The van der Waals surface area contributed by atoms with E-state index in [-0.39, 0.29) is 17.7 Å². The number of hydrogen-bond acceptors (Lipinski definition) is 4. The standard InChI is InChI=1S/C26H33FO4P/c1-29-22-12-13-26(27)24(15-22)19-8-6-18(7-9-19)16-31-23-5-3-4-21(14-23)25(20-10-11-20)17-32(28)30-2/h3-5,12-15,18-20,25H,6-11,16-17H2,1-2H3/q+1. The van der Waals surface area contributed by atoms with Crippen LogP contribution in [-0.4, -0.2) is 27.0 Å². The smallest absolute Gasteiger partial charge is 0.497 e. The van der Waals surface area contributed by atoms with E-state index in [1.807, 2.05) is 18.2 Å². The third-order valence-corrected chi connectivity index (χ3v) is 8.10. The molecule has 0 saturated heterocycles. The van der Waals surface area contributed by atoms with Gasteiger partial charge in [-0.15, -0.1) is 4.52 Å². The van der Waals surface area contributed by atoms with Crippen LogP contribution in [0.15, 0.2) is 42.5 Å². The largest absolute Gasteiger partial charge is 0.508 e. The molecule has 0 N–H and O–H groups in total. The van der Waals surface area contributed by atoms with Crippen molar-refractivity contribution in [3.8, 4) is 11.5 Å². The average Bonchev–Trinajstić information content (AvgIpc) is 3.67. The van der Waals surface area contributed by atoms with Crippen LogP contribution in [0.3, 0.4) is 0 Å². The van der Waals surface area contributed by atoms with E-state index in [0.717, 1.165) is 37.0 Å². The fourth-order valence-electron chi connectivity index (χ4n) is 4.91. The Hall–Kier alpha value is -1.97. The third-order valence-electron chi connectivity index (χ3n) is 7.00. The van der Waals surface area contributed by atoms with E-state index in [2.05, 4.69) is 12.1 Å². The van der Waals surface area contributed by atoms with Crippen LogP contribution in [0, 0.1) is 17.7 Å². The molecule has 0 aromatic heterocycles. The van der Waals surface area contributed by atoms with Crippen LogP contribution < -0.4 is 9.47 Å². The van der Waals surface area contributed by atoms with Crippen LogP contribution in [0.25, 0.3) is 0 Å². The Morgan fingerprint density at radius 2 is 1.78 bits per heavy atom. The Labute approximate surface area is 191 Å². The molecule has 2 aromatic rings. The maximum atomic E-state index is 14.3. The van der Waals surface area contributed by atoms with Gasteiger partial charge in [0.15, 0.2) is 6.16 Å². The highest BCUT2D eigenvalue weighted by atomic mass is 31.1. The maximum absolute atomic E-state index is 14.3. The lowest BCUT2D eigenvalue weighted by atomic mass is 9.79. The Morgan fingerprint density at radius 3 is 2.47 bits per heavy atom. The van der Waals surface area contributed by atoms with Crippen LogP contribution in [0.1, 0.15) is 61.5 Å². The lowest BCUT2D eigenvalue weighted by Crippen LogP contribution is -2.20. The maximum Gasteiger partial charge on any atom is 0.508 e. The molecule has 2 aliphatic carbocycles. The molecule has 2 aliphatic rings. The molecular weight excluding hydrogens is 426 g/mol. The van der Waals surface area contributed by atoms with Crippen LogP contribution >= 0.6 is 8.03 Å². The minimum absolute atomic E-state index is 0.136. The molecule has 0 radical (unpaired) electrons. The number of hydrogen-bond donors (Lipinski definition) is 0. The van der Waals surface area contributed by atoms with Gasteiger partial charge in [0.1, 0.15) is 17.3 Å². The predicted molar refractivity (Wildman–Crippen MR) is 125 cm³/mol. The van der Waals surface area contributed by atoms with Gasteiger partial charge in [0.05, 0.1) is 20.8 Å². The molecular formula is C26H33FO4P+. The summed E-state index contributed by atoms with van der Waals surface area (Å²) in [5.74, 6) is 3.05. The van der Waals surface area contributed by atoms with Crippen LogP contribution in [0.5, 0.6) is 11.5 Å². The molecule has 0 spiro atoms. The van der Waals surface area contributed by atoms with Gasteiger partial charge in [0.2, 0.25) is 0 Å². The minimum Gasteiger partial charge on any atom is -0.497 e. The number of rotatable bonds is 10. The summed E-state index contributed by atoms with van der Waals surface area (Å²) >= 11 is 0. The van der Waals surface area contributed by atoms with E-state index in [1.165, 1.54) is 31.6 Å². The van der Waals surface area contributed by atoms with Gasteiger partial charge in [-0.2, -0.15) is 0 Å². The van der Waals surface area contributed by atoms with Crippen molar-refractivity contribution >= 4 is 8.03 Å². The molecule has 2 saturated carbocycles. The number of halogens is 1. The minimum atomic E-state index is -1.62. The Balaban J connectivity index is 1.31. The number of benzene rings is 2. The summed E-state index contributed by atoms with van der Waals surface area (Å²) < 4.78 is 42.8. The molecule has 2 aromatic carbocycles. The highest BCUT2D eigenvalue weighted by molar-refractivity contribution is 7.39. The molecule has 4 rings (SSSR count). The van der Waals surface area contributed by atoms with Gasteiger partial charge < -0.3 is 9.47 Å². The molecule has 172 valence electrons. The molecule has 2 unspecified atom stereocenters. The zero-order valence-corrected chi connectivity index (χ0v) is 19.9. The van der Waals surface area contributed by atoms with Gasteiger partial charge in [0.25, 0.3) is 0 Å². The Bertz CT molecular complexity index is 922. The second-order valence-electron chi connectivity index (χ2n) is 9.13. The fourth-order valence-corrected chi connectivity index (χ4v) is 5.89. The first-order valence-corrected chi connectivity index (χ1v) is 13.0. The zero-order valence-electron chi connectivity index (χ0n) is 19.0. The van der Waals surface area contributed by atoms with E-state index in [9.17, 15) is 8.96 Å². The van der Waals surface area contributed by atoms with Crippen molar-refractivity contribution in [1.82, 2.24) is 0 Å². The lowest BCUT2D eigenvalue weighted by molar-refractivity contribution is 0.199. The van der Waals surface area contributed by atoms with Crippen molar-refractivity contribution in [2.45, 2.75) is 50.4 Å². The normalized spacial score (nSPS) is 22.3.